The van der Waals surface area contributed by atoms with Gasteiger partial charge in [-0.05, 0) is 26.2 Å². The Balaban J connectivity index is 2.31. The predicted octanol–water partition coefficient (Wildman–Crippen LogP) is 2.61. The van der Waals surface area contributed by atoms with Crippen LogP contribution in [0.1, 0.15) is 26.2 Å². The van der Waals surface area contributed by atoms with Crippen molar-refractivity contribution in [2.75, 3.05) is 18.0 Å². The van der Waals surface area contributed by atoms with Crippen molar-refractivity contribution in [3.63, 3.8) is 0 Å². The molecule has 1 unspecified atom stereocenters. The van der Waals surface area contributed by atoms with Crippen molar-refractivity contribution in [3.8, 4) is 0 Å². The first kappa shape index (κ1) is 14.6. The fourth-order valence-corrected chi connectivity index (χ4v) is 2.45. The van der Waals surface area contributed by atoms with Gasteiger partial charge in [0.2, 0.25) is 0 Å². The van der Waals surface area contributed by atoms with E-state index in [1.165, 1.54) is 4.90 Å². The van der Waals surface area contributed by atoms with Crippen molar-refractivity contribution in [1.82, 2.24) is 0 Å². The van der Waals surface area contributed by atoms with Crippen molar-refractivity contribution in [2.24, 2.45) is 0 Å². The Morgan fingerprint density at radius 1 is 1.30 bits per heavy atom. The molecule has 1 aromatic carbocycles. The van der Waals surface area contributed by atoms with Gasteiger partial charge >= 0.3 is 0 Å². The summed E-state index contributed by atoms with van der Waals surface area (Å²) < 4.78 is 27.9. The number of non-ortho nitro benzene ring substituents is 1. The second kappa shape index (κ2) is 5.32. The molecule has 0 amide bonds. The van der Waals surface area contributed by atoms with Crippen molar-refractivity contribution in [1.29, 1.82) is 0 Å². The van der Waals surface area contributed by atoms with Crippen molar-refractivity contribution >= 4 is 11.4 Å². The smallest absolute Gasteiger partial charge is 0.275 e. The van der Waals surface area contributed by atoms with E-state index in [2.05, 4.69) is 0 Å². The molecule has 110 valence electrons. The predicted molar refractivity (Wildman–Crippen MR) is 69.7 cm³/mol. The van der Waals surface area contributed by atoms with Crippen LogP contribution in [-0.2, 0) is 0 Å². The monoisotopic (exact) mass is 286 g/mol. The highest BCUT2D eigenvalue weighted by molar-refractivity contribution is 5.54. The standard InChI is InChI=1S/C13H16F2N2O3/c1-13(18)3-2-5-16(6-4-13)12-10(14)7-9(17(19)20)8-11(12)15/h7-8,18H,2-6H2,1H3. The molecule has 1 N–H and O–H groups in total. The van der Waals surface area contributed by atoms with E-state index >= 15 is 0 Å². The van der Waals surface area contributed by atoms with Crippen LogP contribution in [0, 0.1) is 21.7 Å². The molecule has 7 heteroatoms. The minimum Gasteiger partial charge on any atom is -0.390 e. The summed E-state index contributed by atoms with van der Waals surface area (Å²) in [7, 11) is 0. The van der Waals surface area contributed by atoms with Gasteiger partial charge in [-0.1, -0.05) is 0 Å². The van der Waals surface area contributed by atoms with E-state index in [4.69, 9.17) is 0 Å². The highest BCUT2D eigenvalue weighted by Gasteiger charge is 2.28. The summed E-state index contributed by atoms with van der Waals surface area (Å²) in [5.41, 5.74) is -1.71. The number of benzene rings is 1. The molecule has 0 radical (unpaired) electrons. The van der Waals surface area contributed by atoms with E-state index in [0.717, 1.165) is 12.1 Å². The van der Waals surface area contributed by atoms with Crippen LogP contribution in [0.4, 0.5) is 20.2 Å². The molecule has 0 saturated carbocycles. The third-order valence-corrected chi connectivity index (χ3v) is 3.59. The molecule has 5 nitrogen and oxygen atoms in total. The molecular weight excluding hydrogens is 270 g/mol. The number of aliphatic hydroxyl groups is 1. The Morgan fingerprint density at radius 3 is 2.45 bits per heavy atom. The number of hydrogen-bond donors (Lipinski definition) is 1. The first-order valence-electron chi connectivity index (χ1n) is 6.41. The molecule has 0 spiro atoms. The molecule has 1 atom stereocenters. The van der Waals surface area contributed by atoms with Crippen LogP contribution < -0.4 is 4.90 Å². The molecular formula is C13H16F2N2O3. The van der Waals surface area contributed by atoms with Gasteiger partial charge in [-0.3, -0.25) is 10.1 Å². The molecule has 1 heterocycles. The van der Waals surface area contributed by atoms with Crippen molar-refractivity contribution in [2.45, 2.75) is 31.8 Å². The van der Waals surface area contributed by atoms with Gasteiger partial charge in [0.05, 0.1) is 22.7 Å². The number of nitro groups is 1. The first-order valence-corrected chi connectivity index (χ1v) is 6.41. The summed E-state index contributed by atoms with van der Waals surface area (Å²) in [5.74, 6) is -1.89. The largest absolute Gasteiger partial charge is 0.390 e. The lowest BCUT2D eigenvalue weighted by molar-refractivity contribution is -0.385. The normalized spacial score (nSPS) is 23.5. The number of anilines is 1. The van der Waals surface area contributed by atoms with Crippen LogP contribution >= 0.6 is 0 Å². The molecule has 1 aromatic rings. The Kier molecular flexibility index (Phi) is 3.89. The maximum atomic E-state index is 13.9. The molecule has 0 bridgehead atoms. The quantitative estimate of drug-likeness (QED) is 0.670. The van der Waals surface area contributed by atoms with Gasteiger partial charge in [0.1, 0.15) is 5.69 Å². The van der Waals surface area contributed by atoms with E-state index in [1.54, 1.807) is 6.92 Å². The molecule has 20 heavy (non-hydrogen) atoms. The fraction of sp³-hybridized carbons (Fsp3) is 0.538. The maximum Gasteiger partial charge on any atom is 0.275 e. The zero-order chi connectivity index (χ0) is 14.9. The average Bonchev–Trinajstić information content (AvgIpc) is 2.50. The second-order valence-electron chi connectivity index (χ2n) is 5.35. The zero-order valence-corrected chi connectivity index (χ0v) is 11.1. The lowest BCUT2D eigenvalue weighted by Gasteiger charge is -2.24. The van der Waals surface area contributed by atoms with E-state index in [9.17, 15) is 24.0 Å². The molecule has 1 fully saturated rings. The van der Waals surface area contributed by atoms with Crippen LogP contribution in [0.25, 0.3) is 0 Å². The molecule has 1 saturated heterocycles. The molecule has 0 aliphatic carbocycles. The van der Waals surface area contributed by atoms with Crippen LogP contribution in [0.5, 0.6) is 0 Å². The fourth-order valence-electron chi connectivity index (χ4n) is 2.45. The number of hydrogen-bond acceptors (Lipinski definition) is 4. The Morgan fingerprint density at radius 2 is 1.90 bits per heavy atom. The molecule has 2 rings (SSSR count). The average molecular weight is 286 g/mol. The second-order valence-corrected chi connectivity index (χ2v) is 5.35. The number of rotatable bonds is 2. The summed E-state index contributed by atoms with van der Waals surface area (Å²) >= 11 is 0. The zero-order valence-electron chi connectivity index (χ0n) is 11.1. The van der Waals surface area contributed by atoms with E-state index in [0.29, 0.717) is 32.4 Å². The van der Waals surface area contributed by atoms with Crippen molar-refractivity contribution < 1.29 is 18.8 Å². The van der Waals surface area contributed by atoms with Gasteiger partial charge in [-0.2, -0.15) is 0 Å². The summed E-state index contributed by atoms with van der Waals surface area (Å²) in [6.45, 7) is 2.40. The Bertz CT molecular complexity index is 511. The number of nitro benzene ring substituents is 1. The van der Waals surface area contributed by atoms with Gasteiger partial charge in [-0.25, -0.2) is 8.78 Å². The van der Waals surface area contributed by atoms with Crippen LogP contribution in [-0.4, -0.2) is 28.7 Å². The van der Waals surface area contributed by atoms with Crippen LogP contribution in [0.2, 0.25) is 0 Å². The first-order chi connectivity index (χ1) is 9.30. The Labute approximate surface area is 115 Å². The lowest BCUT2D eigenvalue weighted by atomic mass is 9.98. The highest BCUT2D eigenvalue weighted by Crippen LogP contribution is 2.31. The minimum absolute atomic E-state index is 0.256. The summed E-state index contributed by atoms with van der Waals surface area (Å²) in [4.78, 5) is 11.2. The Hall–Kier alpha value is -1.76. The third-order valence-electron chi connectivity index (χ3n) is 3.59. The van der Waals surface area contributed by atoms with Gasteiger partial charge in [0.25, 0.3) is 5.69 Å². The summed E-state index contributed by atoms with van der Waals surface area (Å²) in [5, 5.41) is 20.5. The summed E-state index contributed by atoms with van der Waals surface area (Å²) in [6.07, 6.45) is 1.55. The number of halogens is 2. The van der Waals surface area contributed by atoms with E-state index in [1.807, 2.05) is 0 Å². The van der Waals surface area contributed by atoms with Crippen LogP contribution in [0.15, 0.2) is 12.1 Å². The van der Waals surface area contributed by atoms with Gasteiger partial charge < -0.3 is 10.0 Å². The highest BCUT2D eigenvalue weighted by atomic mass is 19.1. The summed E-state index contributed by atoms with van der Waals surface area (Å²) in [6, 6.07) is 1.45. The number of nitrogens with zero attached hydrogens (tertiary/aromatic N) is 2. The van der Waals surface area contributed by atoms with Gasteiger partial charge in [-0.15, -0.1) is 0 Å². The van der Waals surface area contributed by atoms with Crippen molar-refractivity contribution in [3.05, 3.63) is 33.9 Å². The third kappa shape index (κ3) is 3.04. The molecule has 1 aliphatic rings. The van der Waals surface area contributed by atoms with Crippen LogP contribution in [0.3, 0.4) is 0 Å². The molecule has 0 aromatic heterocycles. The SMILES string of the molecule is CC1(O)CCCN(c2c(F)cc([N+](=O)[O-])cc2F)CC1. The maximum absolute atomic E-state index is 13.9. The van der Waals surface area contributed by atoms with E-state index < -0.39 is 27.8 Å². The minimum atomic E-state index is -0.946. The van der Waals surface area contributed by atoms with E-state index in [-0.39, 0.29) is 5.69 Å². The lowest BCUT2D eigenvalue weighted by Crippen LogP contribution is -2.29. The van der Waals surface area contributed by atoms with Gasteiger partial charge in [0, 0.05) is 13.1 Å². The van der Waals surface area contributed by atoms with Gasteiger partial charge in [0.15, 0.2) is 11.6 Å². The molecule has 1 aliphatic heterocycles. The topological polar surface area (TPSA) is 66.6 Å².